The van der Waals surface area contributed by atoms with Crippen molar-refractivity contribution in [1.29, 1.82) is 0 Å². The number of esters is 1. The molecule has 2 unspecified atom stereocenters. The summed E-state index contributed by atoms with van der Waals surface area (Å²) in [6.07, 6.45) is 2.80. The van der Waals surface area contributed by atoms with Crippen molar-refractivity contribution in [2.45, 2.75) is 38.7 Å². The lowest BCUT2D eigenvalue weighted by Gasteiger charge is -2.37. The van der Waals surface area contributed by atoms with Crippen LogP contribution in [0.4, 0.5) is 0 Å². The number of thiol groups is 1. The first-order valence-electron chi connectivity index (χ1n) is 6.09. The molecule has 0 aromatic heterocycles. The average molecular weight is 246 g/mol. The minimum absolute atomic E-state index is 0.122. The standard InChI is InChI=1S/C12H23NO2S/c1-12(2,15-11(14)6-8-16)10-5-4-7-13(3)9-10/h10,16H,4-9H2,1-3H3/p+1. The molecule has 0 aromatic carbocycles. The summed E-state index contributed by atoms with van der Waals surface area (Å²) in [6, 6.07) is 0. The second-order valence-corrected chi connectivity index (χ2v) is 5.75. The third-order valence-corrected chi connectivity index (χ3v) is 3.65. The maximum Gasteiger partial charge on any atom is 0.307 e. The highest BCUT2D eigenvalue weighted by molar-refractivity contribution is 7.80. The molecule has 1 N–H and O–H groups in total. The number of likely N-dealkylation sites (tertiary alicyclic amines) is 1. The summed E-state index contributed by atoms with van der Waals surface area (Å²) in [4.78, 5) is 13.0. The highest BCUT2D eigenvalue weighted by Crippen LogP contribution is 2.26. The van der Waals surface area contributed by atoms with E-state index in [4.69, 9.17) is 4.74 Å². The van der Waals surface area contributed by atoms with Crippen molar-refractivity contribution in [3.63, 3.8) is 0 Å². The number of piperidine rings is 1. The van der Waals surface area contributed by atoms with Crippen LogP contribution >= 0.6 is 12.6 Å². The van der Waals surface area contributed by atoms with Gasteiger partial charge in [0.15, 0.2) is 0 Å². The Balaban J connectivity index is 2.51. The molecule has 1 aliphatic heterocycles. The molecule has 4 heteroatoms. The topological polar surface area (TPSA) is 30.7 Å². The molecule has 1 aliphatic rings. The van der Waals surface area contributed by atoms with Crippen LogP contribution < -0.4 is 4.90 Å². The Bertz CT molecular complexity index is 243. The maximum absolute atomic E-state index is 11.5. The summed E-state index contributed by atoms with van der Waals surface area (Å²) in [6.45, 7) is 6.40. The van der Waals surface area contributed by atoms with E-state index in [2.05, 4.69) is 19.7 Å². The molecule has 0 aromatic rings. The van der Waals surface area contributed by atoms with Crippen LogP contribution in [-0.2, 0) is 9.53 Å². The predicted octanol–water partition coefficient (Wildman–Crippen LogP) is 0.553. The fourth-order valence-electron chi connectivity index (χ4n) is 2.39. The highest BCUT2D eigenvalue weighted by Gasteiger charge is 2.37. The maximum atomic E-state index is 11.5. The van der Waals surface area contributed by atoms with E-state index in [1.165, 1.54) is 24.3 Å². The van der Waals surface area contributed by atoms with Gasteiger partial charge in [-0.1, -0.05) is 0 Å². The number of carbonyl (C=O) groups excluding carboxylic acids is 1. The number of ether oxygens (including phenoxy) is 1. The lowest BCUT2D eigenvalue weighted by atomic mass is 9.84. The van der Waals surface area contributed by atoms with E-state index in [1.54, 1.807) is 0 Å². The van der Waals surface area contributed by atoms with Crippen molar-refractivity contribution < 1.29 is 14.4 Å². The van der Waals surface area contributed by atoms with Gasteiger partial charge >= 0.3 is 5.97 Å². The normalized spacial score (nSPS) is 26.5. The minimum Gasteiger partial charge on any atom is -0.459 e. The number of nitrogens with one attached hydrogen (secondary N) is 1. The van der Waals surface area contributed by atoms with Crippen LogP contribution in [0.1, 0.15) is 33.1 Å². The molecular weight excluding hydrogens is 222 g/mol. The van der Waals surface area contributed by atoms with E-state index >= 15 is 0 Å². The number of hydrogen-bond donors (Lipinski definition) is 2. The largest absolute Gasteiger partial charge is 0.459 e. The quantitative estimate of drug-likeness (QED) is 0.561. The van der Waals surface area contributed by atoms with Crippen LogP contribution in [0, 0.1) is 5.92 Å². The Morgan fingerprint density at radius 1 is 1.56 bits per heavy atom. The Labute approximate surface area is 104 Å². The summed E-state index contributed by atoms with van der Waals surface area (Å²) in [5.41, 5.74) is -0.332. The van der Waals surface area contributed by atoms with Gasteiger partial charge in [0.05, 0.1) is 26.6 Å². The van der Waals surface area contributed by atoms with E-state index in [0.29, 0.717) is 18.1 Å². The molecule has 0 radical (unpaired) electrons. The fourth-order valence-corrected chi connectivity index (χ4v) is 2.57. The summed E-state index contributed by atoms with van der Waals surface area (Å²) >= 11 is 4.05. The number of rotatable bonds is 4. The molecule has 0 saturated carbocycles. The fraction of sp³-hybridized carbons (Fsp3) is 0.917. The number of hydrogen-bond acceptors (Lipinski definition) is 3. The summed E-state index contributed by atoms with van der Waals surface area (Å²) in [5, 5.41) is 0. The van der Waals surface area contributed by atoms with Crippen molar-refractivity contribution in [2.24, 2.45) is 5.92 Å². The molecule has 1 heterocycles. The van der Waals surface area contributed by atoms with Crippen LogP contribution in [0.3, 0.4) is 0 Å². The van der Waals surface area contributed by atoms with Gasteiger partial charge in [0.1, 0.15) is 5.60 Å². The Morgan fingerprint density at radius 3 is 2.81 bits per heavy atom. The van der Waals surface area contributed by atoms with Crippen LogP contribution in [0.2, 0.25) is 0 Å². The van der Waals surface area contributed by atoms with Gasteiger partial charge in [-0.25, -0.2) is 0 Å². The van der Waals surface area contributed by atoms with Crippen LogP contribution in [0.15, 0.2) is 0 Å². The average Bonchev–Trinajstić information content (AvgIpc) is 2.17. The molecule has 0 bridgehead atoms. The third kappa shape index (κ3) is 3.98. The molecule has 1 fully saturated rings. The van der Waals surface area contributed by atoms with E-state index in [-0.39, 0.29) is 11.6 Å². The number of quaternary nitrogens is 1. The zero-order valence-corrected chi connectivity index (χ0v) is 11.5. The van der Waals surface area contributed by atoms with E-state index in [0.717, 1.165) is 6.54 Å². The smallest absolute Gasteiger partial charge is 0.307 e. The predicted molar refractivity (Wildman–Crippen MR) is 68.0 cm³/mol. The zero-order valence-electron chi connectivity index (χ0n) is 10.6. The molecule has 3 nitrogen and oxygen atoms in total. The summed E-state index contributed by atoms with van der Waals surface area (Å²) < 4.78 is 5.56. The van der Waals surface area contributed by atoms with Gasteiger partial charge in [-0.15, -0.1) is 0 Å². The molecule has 0 aliphatic carbocycles. The molecule has 1 saturated heterocycles. The van der Waals surface area contributed by atoms with Crippen LogP contribution in [0.25, 0.3) is 0 Å². The molecule has 0 spiro atoms. The zero-order chi connectivity index (χ0) is 12.2. The minimum atomic E-state index is -0.332. The van der Waals surface area contributed by atoms with Gasteiger partial charge in [0, 0.05) is 11.7 Å². The second-order valence-electron chi connectivity index (χ2n) is 5.30. The monoisotopic (exact) mass is 246 g/mol. The SMILES string of the molecule is C[NH+]1CCCC(C(C)(C)OC(=O)CCS)C1. The molecule has 16 heavy (non-hydrogen) atoms. The van der Waals surface area contributed by atoms with Crippen LogP contribution in [-0.4, -0.2) is 37.5 Å². The van der Waals surface area contributed by atoms with Gasteiger partial charge in [0.2, 0.25) is 0 Å². The summed E-state index contributed by atoms with van der Waals surface area (Å²) in [7, 11) is 2.21. The first-order valence-corrected chi connectivity index (χ1v) is 6.73. The molecular formula is C12H24NO2S+. The third-order valence-electron chi connectivity index (χ3n) is 3.43. The first kappa shape index (κ1) is 13.8. The number of carbonyl (C=O) groups is 1. The van der Waals surface area contributed by atoms with Crippen molar-refractivity contribution in [2.75, 3.05) is 25.9 Å². The Morgan fingerprint density at radius 2 is 2.25 bits per heavy atom. The summed E-state index contributed by atoms with van der Waals surface area (Å²) in [5.74, 6) is 0.915. The Hall–Kier alpha value is -0.220. The molecule has 2 atom stereocenters. The van der Waals surface area contributed by atoms with E-state index in [9.17, 15) is 4.79 Å². The van der Waals surface area contributed by atoms with Crippen molar-refractivity contribution in [3.8, 4) is 0 Å². The highest BCUT2D eigenvalue weighted by atomic mass is 32.1. The Kier molecular flexibility index (Phi) is 5.12. The van der Waals surface area contributed by atoms with E-state index in [1.807, 2.05) is 13.8 Å². The first-order chi connectivity index (χ1) is 7.45. The van der Waals surface area contributed by atoms with Crippen molar-refractivity contribution >= 4 is 18.6 Å². The second kappa shape index (κ2) is 5.92. The molecule has 1 rings (SSSR count). The lowest BCUT2D eigenvalue weighted by Crippen LogP contribution is -3.11. The van der Waals surface area contributed by atoms with E-state index < -0.39 is 0 Å². The van der Waals surface area contributed by atoms with Gasteiger partial charge in [-0.3, -0.25) is 4.79 Å². The van der Waals surface area contributed by atoms with Gasteiger partial charge in [-0.05, 0) is 26.7 Å². The van der Waals surface area contributed by atoms with Gasteiger partial charge in [-0.2, -0.15) is 12.6 Å². The van der Waals surface area contributed by atoms with Gasteiger partial charge in [0.25, 0.3) is 0 Å². The lowest BCUT2D eigenvalue weighted by molar-refractivity contribution is -0.889. The van der Waals surface area contributed by atoms with Crippen molar-refractivity contribution in [3.05, 3.63) is 0 Å². The van der Waals surface area contributed by atoms with Crippen LogP contribution in [0.5, 0.6) is 0 Å². The van der Waals surface area contributed by atoms with Gasteiger partial charge < -0.3 is 9.64 Å². The molecule has 94 valence electrons. The molecule has 0 amide bonds. The van der Waals surface area contributed by atoms with Crippen molar-refractivity contribution in [1.82, 2.24) is 0 Å².